The largest absolute Gasteiger partial charge is 0.350 e. The molecule has 1 aromatic carbocycles. The van der Waals surface area contributed by atoms with Gasteiger partial charge in [0.25, 0.3) is 5.91 Å². The van der Waals surface area contributed by atoms with Crippen molar-refractivity contribution in [3.63, 3.8) is 0 Å². The molecule has 0 aliphatic rings. The summed E-state index contributed by atoms with van der Waals surface area (Å²) >= 11 is 13.6. The van der Waals surface area contributed by atoms with E-state index in [-0.39, 0.29) is 11.9 Å². The van der Waals surface area contributed by atoms with Crippen molar-refractivity contribution in [3.8, 4) is 0 Å². The van der Waals surface area contributed by atoms with Gasteiger partial charge in [-0.05, 0) is 54.1 Å². The van der Waals surface area contributed by atoms with Gasteiger partial charge in [0.2, 0.25) is 0 Å². The van der Waals surface area contributed by atoms with Crippen LogP contribution in [-0.2, 0) is 0 Å². The molecule has 0 spiro atoms. The van der Waals surface area contributed by atoms with Gasteiger partial charge in [0.1, 0.15) is 0 Å². The summed E-state index contributed by atoms with van der Waals surface area (Å²) in [6, 6.07) is 5.33. The third-order valence-corrected chi connectivity index (χ3v) is 3.49. The number of halogens is 3. The van der Waals surface area contributed by atoms with E-state index < -0.39 is 0 Å². The van der Waals surface area contributed by atoms with Crippen LogP contribution in [0.2, 0.25) is 5.02 Å². The first-order valence-corrected chi connectivity index (χ1v) is 6.85. The van der Waals surface area contributed by atoms with E-state index >= 15 is 0 Å². The topological polar surface area (TPSA) is 29.1 Å². The van der Waals surface area contributed by atoms with Crippen molar-refractivity contribution >= 4 is 51.7 Å². The standard InChI is InChI=1S/C11H12Cl2INO/c1-7(4-5-12)15-11(16)9-6-8(13)2-3-10(9)14/h2-3,6-7H,4-5H2,1H3,(H,15,16). The van der Waals surface area contributed by atoms with Crippen molar-refractivity contribution in [1.82, 2.24) is 5.32 Å². The van der Waals surface area contributed by atoms with E-state index in [1.54, 1.807) is 12.1 Å². The van der Waals surface area contributed by atoms with Gasteiger partial charge >= 0.3 is 0 Å². The summed E-state index contributed by atoms with van der Waals surface area (Å²) in [6.45, 7) is 1.93. The maximum Gasteiger partial charge on any atom is 0.252 e. The molecule has 1 unspecified atom stereocenters. The molecule has 1 N–H and O–H groups in total. The van der Waals surface area contributed by atoms with Gasteiger partial charge in [-0.2, -0.15) is 0 Å². The summed E-state index contributed by atoms with van der Waals surface area (Å²) in [5.41, 5.74) is 0.606. The van der Waals surface area contributed by atoms with Crippen LogP contribution in [0.25, 0.3) is 0 Å². The van der Waals surface area contributed by atoms with Crippen LogP contribution >= 0.6 is 45.8 Å². The second-order valence-electron chi connectivity index (χ2n) is 3.48. The first-order chi connectivity index (χ1) is 7.54. The van der Waals surface area contributed by atoms with E-state index in [1.807, 2.05) is 13.0 Å². The van der Waals surface area contributed by atoms with E-state index in [0.717, 1.165) is 9.99 Å². The summed E-state index contributed by atoms with van der Waals surface area (Å²) in [5.74, 6) is 0.429. The van der Waals surface area contributed by atoms with Gasteiger partial charge in [-0.3, -0.25) is 4.79 Å². The molecule has 0 radical (unpaired) electrons. The van der Waals surface area contributed by atoms with Gasteiger partial charge in [0, 0.05) is 20.5 Å². The molecule has 1 rings (SSSR count). The molecular formula is C11H12Cl2INO. The lowest BCUT2D eigenvalue weighted by Gasteiger charge is -2.13. The lowest BCUT2D eigenvalue weighted by atomic mass is 10.2. The SMILES string of the molecule is CC(CCCl)NC(=O)c1cc(Cl)ccc1I. The minimum Gasteiger partial charge on any atom is -0.350 e. The predicted octanol–water partition coefficient (Wildman–Crippen LogP) is 3.69. The molecule has 1 atom stereocenters. The van der Waals surface area contributed by atoms with E-state index in [4.69, 9.17) is 23.2 Å². The summed E-state index contributed by atoms with van der Waals surface area (Å²) < 4.78 is 0.887. The second kappa shape index (κ2) is 6.67. The average molecular weight is 372 g/mol. The third kappa shape index (κ3) is 4.11. The Kier molecular flexibility index (Phi) is 5.86. The maximum absolute atomic E-state index is 11.9. The fraction of sp³-hybridized carbons (Fsp3) is 0.364. The monoisotopic (exact) mass is 371 g/mol. The smallest absolute Gasteiger partial charge is 0.252 e. The van der Waals surface area contributed by atoms with Gasteiger partial charge in [-0.1, -0.05) is 11.6 Å². The molecule has 0 fully saturated rings. The summed E-state index contributed by atoms with van der Waals surface area (Å²) in [4.78, 5) is 11.9. The summed E-state index contributed by atoms with van der Waals surface area (Å²) in [5, 5.41) is 3.44. The Labute approximate surface area is 119 Å². The van der Waals surface area contributed by atoms with Crippen LogP contribution in [0.4, 0.5) is 0 Å². The summed E-state index contributed by atoms with van der Waals surface area (Å²) in [7, 11) is 0. The second-order valence-corrected chi connectivity index (χ2v) is 5.45. The molecule has 0 heterocycles. The zero-order valence-electron chi connectivity index (χ0n) is 8.77. The highest BCUT2D eigenvalue weighted by Crippen LogP contribution is 2.18. The number of hydrogen-bond donors (Lipinski definition) is 1. The fourth-order valence-electron chi connectivity index (χ4n) is 1.21. The van der Waals surface area contributed by atoms with Gasteiger partial charge < -0.3 is 5.32 Å². The number of alkyl halides is 1. The molecule has 1 aromatic rings. The highest BCUT2D eigenvalue weighted by Gasteiger charge is 2.12. The molecule has 5 heteroatoms. The van der Waals surface area contributed by atoms with Crippen LogP contribution in [-0.4, -0.2) is 17.8 Å². The molecule has 16 heavy (non-hydrogen) atoms. The van der Waals surface area contributed by atoms with E-state index in [1.165, 1.54) is 0 Å². The van der Waals surface area contributed by atoms with Gasteiger partial charge in [-0.25, -0.2) is 0 Å². The van der Waals surface area contributed by atoms with Crippen LogP contribution in [0.15, 0.2) is 18.2 Å². The number of amides is 1. The van der Waals surface area contributed by atoms with Crippen LogP contribution < -0.4 is 5.32 Å². The summed E-state index contributed by atoms with van der Waals surface area (Å²) in [6.07, 6.45) is 0.754. The number of rotatable bonds is 4. The zero-order chi connectivity index (χ0) is 12.1. The minimum atomic E-state index is -0.107. The van der Waals surface area contributed by atoms with E-state index in [9.17, 15) is 4.79 Å². The van der Waals surface area contributed by atoms with Gasteiger partial charge in [0.05, 0.1) is 5.56 Å². The molecule has 2 nitrogen and oxygen atoms in total. The molecule has 0 bridgehead atoms. The van der Waals surface area contributed by atoms with Crippen LogP contribution in [0.1, 0.15) is 23.7 Å². The average Bonchev–Trinajstić information content (AvgIpc) is 2.21. The molecule has 0 aliphatic heterocycles. The van der Waals surface area contributed by atoms with Crippen molar-refractivity contribution in [1.29, 1.82) is 0 Å². The molecule has 0 aliphatic carbocycles. The first kappa shape index (κ1) is 14.1. The van der Waals surface area contributed by atoms with Crippen molar-refractivity contribution < 1.29 is 4.79 Å². The van der Waals surface area contributed by atoms with Crippen LogP contribution in [0, 0.1) is 3.57 Å². The number of benzene rings is 1. The molecule has 0 saturated carbocycles. The molecular weight excluding hydrogens is 360 g/mol. The molecule has 0 saturated heterocycles. The number of carbonyl (C=O) groups excluding carboxylic acids is 1. The van der Waals surface area contributed by atoms with Crippen molar-refractivity contribution in [2.75, 3.05) is 5.88 Å². The molecule has 88 valence electrons. The normalized spacial score (nSPS) is 12.2. The van der Waals surface area contributed by atoms with Gasteiger partial charge in [0.15, 0.2) is 0 Å². The van der Waals surface area contributed by atoms with Crippen LogP contribution in [0.5, 0.6) is 0 Å². The Morgan fingerprint density at radius 1 is 1.56 bits per heavy atom. The predicted molar refractivity (Wildman–Crippen MR) is 76.4 cm³/mol. The number of nitrogens with one attached hydrogen (secondary N) is 1. The highest BCUT2D eigenvalue weighted by atomic mass is 127. The molecule has 0 aromatic heterocycles. The van der Waals surface area contributed by atoms with Crippen molar-refractivity contribution in [3.05, 3.63) is 32.4 Å². The Hall–Kier alpha value is -0.000000000000000111. The van der Waals surface area contributed by atoms with Gasteiger partial charge in [-0.15, -0.1) is 11.6 Å². The van der Waals surface area contributed by atoms with E-state index in [2.05, 4.69) is 27.9 Å². The van der Waals surface area contributed by atoms with Crippen molar-refractivity contribution in [2.24, 2.45) is 0 Å². The van der Waals surface area contributed by atoms with Crippen LogP contribution in [0.3, 0.4) is 0 Å². The Bertz CT molecular complexity index is 384. The first-order valence-electron chi connectivity index (χ1n) is 4.86. The zero-order valence-corrected chi connectivity index (χ0v) is 12.4. The highest BCUT2D eigenvalue weighted by molar-refractivity contribution is 14.1. The Balaban J connectivity index is 2.76. The number of hydrogen-bond acceptors (Lipinski definition) is 1. The number of carbonyl (C=O) groups is 1. The van der Waals surface area contributed by atoms with E-state index in [0.29, 0.717) is 16.5 Å². The third-order valence-electron chi connectivity index (χ3n) is 2.09. The maximum atomic E-state index is 11.9. The molecule has 1 amide bonds. The van der Waals surface area contributed by atoms with Crippen molar-refractivity contribution in [2.45, 2.75) is 19.4 Å². The quantitative estimate of drug-likeness (QED) is 0.634. The lowest BCUT2D eigenvalue weighted by Crippen LogP contribution is -2.33. The Morgan fingerprint density at radius 2 is 2.25 bits per heavy atom. The minimum absolute atomic E-state index is 0.0692. The fourth-order valence-corrected chi connectivity index (χ4v) is 2.29. The Morgan fingerprint density at radius 3 is 2.88 bits per heavy atom. The lowest BCUT2D eigenvalue weighted by molar-refractivity contribution is 0.0938.